The molecule has 0 atom stereocenters. The van der Waals surface area contributed by atoms with Crippen LogP contribution in [0, 0.1) is 10.1 Å². The second-order valence-electron chi connectivity index (χ2n) is 6.14. The first-order valence-corrected chi connectivity index (χ1v) is 8.89. The summed E-state index contributed by atoms with van der Waals surface area (Å²) in [6, 6.07) is 19.4. The lowest BCUT2D eigenvalue weighted by molar-refractivity contribution is -0.385. The fourth-order valence-electron chi connectivity index (χ4n) is 2.60. The van der Waals surface area contributed by atoms with Gasteiger partial charge in [-0.1, -0.05) is 48.5 Å². The van der Waals surface area contributed by atoms with Crippen LogP contribution in [-0.4, -0.2) is 16.9 Å². The lowest BCUT2D eigenvalue weighted by Crippen LogP contribution is -2.13. The summed E-state index contributed by atoms with van der Waals surface area (Å²) in [5.74, 6) is -1.56. The van der Waals surface area contributed by atoms with Crippen molar-refractivity contribution in [2.45, 2.75) is 13.5 Å². The maximum Gasteiger partial charge on any atom is 0.350 e. The summed E-state index contributed by atoms with van der Waals surface area (Å²) in [7, 11) is 0. The van der Waals surface area contributed by atoms with Crippen molar-refractivity contribution >= 4 is 17.6 Å². The number of hydrogen-bond acceptors (Lipinski definition) is 7. The average Bonchev–Trinajstić information content (AvgIpc) is 2.73. The third-order valence-electron chi connectivity index (χ3n) is 3.92. The summed E-state index contributed by atoms with van der Waals surface area (Å²) in [6.45, 7) is 1.25. The van der Waals surface area contributed by atoms with Crippen LogP contribution in [0.3, 0.4) is 0 Å². The highest BCUT2D eigenvalue weighted by atomic mass is 16.6. The Balaban J connectivity index is 1.98. The van der Waals surface area contributed by atoms with Gasteiger partial charge in [-0.2, -0.15) is 0 Å². The minimum absolute atomic E-state index is 0.000310. The molecule has 0 radical (unpaired) electrons. The summed E-state index contributed by atoms with van der Waals surface area (Å²) in [5, 5.41) is 11.5. The topological polar surface area (TPSA) is 105 Å². The molecule has 0 spiro atoms. The van der Waals surface area contributed by atoms with Crippen molar-refractivity contribution in [3.63, 3.8) is 0 Å². The number of nitro groups is 1. The van der Waals surface area contributed by atoms with E-state index in [9.17, 15) is 19.7 Å². The van der Waals surface area contributed by atoms with Gasteiger partial charge in [0.1, 0.15) is 17.9 Å². The van der Waals surface area contributed by atoms with Crippen LogP contribution < -0.4 is 14.2 Å². The van der Waals surface area contributed by atoms with Gasteiger partial charge in [0.15, 0.2) is 11.5 Å². The number of rotatable bonds is 7. The van der Waals surface area contributed by atoms with Crippen LogP contribution in [0.4, 0.5) is 5.69 Å². The minimum Gasteiger partial charge on any atom is -0.485 e. The molecule has 3 aromatic carbocycles. The third kappa shape index (κ3) is 5.20. The zero-order chi connectivity index (χ0) is 21.5. The molecule has 152 valence electrons. The van der Waals surface area contributed by atoms with Gasteiger partial charge >= 0.3 is 11.9 Å². The Labute approximate surface area is 171 Å². The minimum atomic E-state index is -0.938. The lowest BCUT2D eigenvalue weighted by atomic mass is 10.1. The molecular formula is C22H17NO7. The molecular weight excluding hydrogens is 390 g/mol. The molecule has 0 aliphatic rings. The average molecular weight is 407 g/mol. The Kier molecular flexibility index (Phi) is 6.39. The molecule has 0 bridgehead atoms. The predicted octanol–water partition coefficient (Wildman–Crippen LogP) is 4.32. The quantitative estimate of drug-likeness (QED) is 0.249. The van der Waals surface area contributed by atoms with Crippen molar-refractivity contribution in [3.8, 4) is 17.2 Å². The first-order valence-electron chi connectivity index (χ1n) is 8.89. The van der Waals surface area contributed by atoms with Gasteiger partial charge in [0.05, 0.1) is 11.0 Å². The fraction of sp³-hybridized carbons (Fsp3) is 0.0909. The van der Waals surface area contributed by atoms with Gasteiger partial charge in [0.25, 0.3) is 5.69 Å². The van der Waals surface area contributed by atoms with Gasteiger partial charge in [-0.05, 0) is 17.7 Å². The van der Waals surface area contributed by atoms with E-state index in [2.05, 4.69) is 0 Å². The highest BCUT2D eigenvalue weighted by molar-refractivity contribution is 5.96. The molecule has 3 rings (SSSR count). The van der Waals surface area contributed by atoms with E-state index in [0.717, 1.165) is 24.6 Å². The molecule has 0 aliphatic heterocycles. The molecule has 8 nitrogen and oxygen atoms in total. The Hall–Kier alpha value is -4.20. The van der Waals surface area contributed by atoms with Crippen LogP contribution in [0.25, 0.3) is 0 Å². The van der Waals surface area contributed by atoms with Crippen LogP contribution in [0.15, 0.2) is 72.8 Å². The summed E-state index contributed by atoms with van der Waals surface area (Å²) < 4.78 is 16.0. The standard InChI is InChI=1S/C22H17NO7/c1-15(24)29-21-13-19(23(26)27)18(22(25)30-17-10-6-3-7-11-17)12-20(21)28-14-16-8-4-2-5-9-16/h2-13H,14H2,1H3. The molecule has 0 heterocycles. The number of para-hydroxylation sites is 1. The molecule has 3 aromatic rings. The second-order valence-corrected chi connectivity index (χ2v) is 6.14. The number of nitro benzene ring substituents is 1. The predicted molar refractivity (Wildman–Crippen MR) is 107 cm³/mol. The number of ether oxygens (including phenoxy) is 3. The Bertz CT molecular complexity index is 1070. The monoisotopic (exact) mass is 407 g/mol. The van der Waals surface area contributed by atoms with Crippen LogP contribution in [0.5, 0.6) is 17.2 Å². The normalized spacial score (nSPS) is 10.2. The van der Waals surface area contributed by atoms with Crippen molar-refractivity contribution in [2.75, 3.05) is 0 Å². The van der Waals surface area contributed by atoms with E-state index >= 15 is 0 Å². The zero-order valence-electron chi connectivity index (χ0n) is 15.9. The number of carbonyl (C=O) groups excluding carboxylic acids is 2. The van der Waals surface area contributed by atoms with Gasteiger partial charge < -0.3 is 14.2 Å². The van der Waals surface area contributed by atoms with Crippen molar-refractivity contribution in [1.29, 1.82) is 0 Å². The maximum absolute atomic E-state index is 12.6. The molecule has 0 fully saturated rings. The van der Waals surface area contributed by atoms with E-state index in [1.165, 1.54) is 0 Å². The van der Waals surface area contributed by atoms with Crippen molar-refractivity contribution < 1.29 is 28.7 Å². The molecule has 8 heteroatoms. The van der Waals surface area contributed by atoms with Crippen molar-refractivity contribution in [2.24, 2.45) is 0 Å². The smallest absolute Gasteiger partial charge is 0.350 e. The Morgan fingerprint density at radius 2 is 1.53 bits per heavy atom. The van der Waals surface area contributed by atoms with Gasteiger partial charge in [-0.3, -0.25) is 14.9 Å². The maximum atomic E-state index is 12.6. The van der Waals surface area contributed by atoms with E-state index in [-0.39, 0.29) is 29.4 Å². The fourth-order valence-corrected chi connectivity index (χ4v) is 2.60. The van der Waals surface area contributed by atoms with Crippen LogP contribution in [0.2, 0.25) is 0 Å². The summed E-state index contributed by atoms with van der Waals surface area (Å²) in [6.07, 6.45) is 0. The number of carbonyl (C=O) groups is 2. The molecule has 0 aromatic heterocycles. The van der Waals surface area contributed by atoms with E-state index in [1.54, 1.807) is 30.3 Å². The Morgan fingerprint density at radius 3 is 2.13 bits per heavy atom. The van der Waals surface area contributed by atoms with E-state index in [0.29, 0.717) is 0 Å². The molecule has 0 N–H and O–H groups in total. The molecule has 0 saturated carbocycles. The first-order chi connectivity index (χ1) is 14.4. The second kappa shape index (κ2) is 9.33. The largest absolute Gasteiger partial charge is 0.485 e. The van der Waals surface area contributed by atoms with E-state index in [1.807, 2.05) is 30.3 Å². The molecule has 0 amide bonds. The van der Waals surface area contributed by atoms with Crippen LogP contribution in [0.1, 0.15) is 22.8 Å². The molecule has 30 heavy (non-hydrogen) atoms. The number of esters is 2. The van der Waals surface area contributed by atoms with Crippen molar-refractivity contribution in [1.82, 2.24) is 0 Å². The zero-order valence-corrected chi connectivity index (χ0v) is 15.9. The molecule has 0 aliphatic carbocycles. The highest BCUT2D eigenvalue weighted by Gasteiger charge is 2.27. The molecule has 0 saturated heterocycles. The highest BCUT2D eigenvalue weighted by Crippen LogP contribution is 2.36. The van der Waals surface area contributed by atoms with Gasteiger partial charge in [0.2, 0.25) is 0 Å². The van der Waals surface area contributed by atoms with Crippen molar-refractivity contribution in [3.05, 3.63) is 94.0 Å². The van der Waals surface area contributed by atoms with Crippen LogP contribution >= 0.6 is 0 Å². The third-order valence-corrected chi connectivity index (χ3v) is 3.92. The van der Waals surface area contributed by atoms with E-state index in [4.69, 9.17) is 14.2 Å². The lowest BCUT2D eigenvalue weighted by Gasteiger charge is -2.13. The summed E-state index contributed by atoms with van der Waals surface area (Å²) in [5.41, 5.74) is -0.0832. The number of nitrogens with zero attached hydrogens (tertiary/aromatic N) is 1. The SMILES string of the molecule is CC(=O)Oc1cc([N+](=O)[O-])c(C(=O)Oc2ccccc2)cc1OCc1ccccc1. The van der Waals surface area contributed by atoms with Gasteiger partial charge in [-0.25, -0.2) is 4.79 Å². The number of hydrogen-bond donors (Lipinski definition) is 0. The summed E-state index contributed by atoms with van der Waals surface area (Å²) >= 11 is 0. The van der Waals surface area contributed by atoms with E-state index < -0.39 is 22.5 Å². The number of benzene rings is 3. The van der Waals surface area contributed by atoms with Gasteiger partial charge in [-0.15, -0.1) is 0 Å². The summed E-state index contributed by atoms with van der Waals surface area (Å²) in [4.78, 5) is 34.8. The van der Waals surface area contributed by atoms with Gasteiger partial charge in [0, 0.05) is 13.0 Å². The van der Waals surface area contributed by atoms with Crippen LogP contribution in [-0.2, 0) is 11.4 Å². The molecule has 0 unspecified atom stereocenters. The Morgan fingerprint density at radius 1 is 0.900 bits per heavy atom. The first kappa shape index (κ1) is 20.5.